The highest BCUT2D eigenvalue weighted by Crippen LogP contribution is 2.14. The van der Waals surface area contributed by atoms with Crippen molar-refractivity contribution < 1.29 is 9.90 Å². The maximum absolute atomic E-state index is 11.2. The maximum atomic E-state index is 11.2. The molecular formula is C12H20N4O2S. The van der Waals surface area contributed by atoms with Gasteiger partial charge in [-0.15, -0.1) is 0 Å². The third-order valence-corrected chi connectivity index (χ3v) is 3.39. The third kappa shape index (κ3) is 4.94. The molecule has 7 heteroatoms. The summed E-state index contributed by atoms with van der Waals surface area (Å²) in [6.45, 7) is 2.85. The molecule has 0 saturated carbocycles. The highest BCUT2D eigenvalue weighted by atomic mass is 32.2. The number of carboxylic acid groups (broad SMARTS) is 1. The van der Waals surface area contributed by atoms with E-state index < -0.39 is 12.0 Å². The largest absolute Gasteiger partial charge is 0.480 e. The lowest BCUT2D eigenvalue weighted by Gasteiger charge is -2.18. The van der Waals surface area contributed by atoms with Gasteiger partial charge >= 0.3 is 5.97 Å². The first kappa shape index (κ1) is 15.6. The first-order valence-electron chi connectivity index (χ1n) is 6.10. The van der Waals surface area contributed by atoms with E-state index in [-0.39, 0.29) is 0 Å². The van der Waals surface area contributed by atoms with E-state index in [2.05, 4.69) is 15.3 Å². The van der Waals surface area contributed by atoms with Gasteiger partial charge in [-0.2, -0.15) is 11.8 Å². The summed E-state index contributed by atoms with van der Waals surface area (Å²) < 4.78 is 0. The summed E-state index contributed by atoms with van der Waals surface area (Å²) in [4.78, 5) is 21.3. The van der Waals surface area contributed by atoms with E-state index in [1.807, 2.05) is 25.1 Å². The van der Waals surface area contributed by atoms with E-state index >= 15 is 0 Å². The summed E-state index contributed by atoms with van der Waals surface area (Å²) in [5, 5.41) is 12.1. The molecule has 0 amide bonds. The number of hydrogen-bond donors (Lipinski definition) is 2. The normalized spacial score (nSPS) is 11.9. The van der Waals surface area contributed by atoms with Crippen LogP contribution in [0.5, 0.6) is 0 Å². The number of nitrogens with zero attached hydrogens (tertiary/aromatic N) is 3. The molecule has 0 saturated heterocycles. The SMILES string of the molecule is CCN(C)c1cc(N[C@@H](CCSC)C(=O)O)ncn1. The van der Waals surface area contributed by atoms with Crippen LogP contribution >= 0.6 is 11.8 Å². The molecule has 19 heavy (non-hydrogen) atoms. The van der Waals surface area contributed by atoms with Gasteiger partial charge in [0.1, 0.15) is 24.0 Å². The molecule has 1 rings (SSSR count). The van der Waals surface area contributed by atoms with Gasteiger partial charge in [-0.25, -0.2) is 14.8 Å². The molecule has 1 aromatic rings. The Balaban J connectivity index is 2.76. The van der Waals surface area contributed by atoms with Crippen molar-refractivity contribution in [2.24, 2.45) is 0 Å². The average Bonchev–Trinajstić information content (AvgIpc) is 2.42. The lowest BCUT2D eigenvalue weighted by molar-refractivity contribution is -0.137. The van der Waals surface area contributed by atoms with Gasteiger partial charge in [0.25, 0.3) is 0 Å². The second-order valence-corrected chi connectivity index (χ2v) is 5.08. The number of rotatable bonds is 8. The molecule has 0 aliphatic rings. The molecule has 0 bridgehead atoms. The summed E-state index contributed by atoms with van der Waals surface area (Å²) in [6, 6.07) is 1.14. The van der Waals surface area contributed by atoms with Crippen LogP contribution in [0, 0.1) is 0 Å². The standard InChI is InChI=1S/C12H20N4O2S/c1-4-16(2)11-7-10(13-8-14-11)15-9(12(17)18)5-6-19-3/h7-9H,4-6H2,1-3H3,(H,17,18)(H,13,14,15)/t9-/m0/s1. The monoisotopic (exact) mass is 284 g/mol. The van der Waals surface area contributed by atoms with Crippen molar-refractivity contribution in [3.05, 3.63) is 12.4 Å². The maximum Gasteiger partial charge on any atom is 0.326 e. The van der Waals surface area contributed by atoms with E-state index in [0.717, 1.165) is 18.1 Å². The average molecular weight is 284 g/mol. The first-order valence-corrected chi connectivity index (χ1v) is 7.49. The van der Waals surface area contributed by atoms with Gasteiger partial charge in [-0.3, -0.25) is 0 Å². The van der Waals surface area contributed by atoms with Crippen molar-refractivity contribution in [2.75, 3.05) is 35.8 Å². The molecule has 1 aromatic heterocycles. The van der Waals surface area contributed by atoms with E-state index in [1.54, 1.807) is 17.8 Å². The van der Waals surface area contributed by atoms with Gasteiger partial charge < -0.3 is 15.3 Å². The van der Waals surface area contributed by atoms with Gasteiger partial charge in [0.15, 0.2) is 0 Å². The number of hydrogen-bond acceptors (Lipinski definition) is 6. The quantitative estimate of drug-likeness (QED) is 0.750. The number of anilines is 2. The molecular weight excluding hydrogens is 264 g/mol. The Morgan fingerprint density at radius 1 is 1.58 bits per heavy atom. The zero-order chi connectivity index (χ0) is 14.3. The Bertz CT molecular complexity index is 416. The first-order chi connectivity index (χ1) is 9.08. The fraction of sp³-hybridized carbons (Fsp3) is 0.583. The fourth-order valence-corrected chi connectivity index (χ4v) is 1.94. The molecule has 0 aliphatic heterocycles. The van der Waals surface area contributed by atoms with Crippen LogP contribution in [0.15, 0.2) is 12.4 Å². The molecule has 0 aliphatic carbocycles. The Hall–Kier alpha value is -1.50. The Labute approximate surface area is 117 Å². The molecule has 1 heterocycles. The molecule has 0 aromatic carbocycles. The van der Waals surface area contributed by atoms with Gasteiger partial charge in [0.05, 0.1) is 0 Å². The van der Waals surface area contributed by atoms with Crippen LogP contribution in [0.3, 0.4) is 0 Å². The minimum Gasteiger partial charge on any atom is -0.480 e. The van der Waals surface area contributed by atoms with Crippen molar-refractivity contribution in [3.63, 3.8) is 0 Å². The van der Waals surface area contributed by atoms with Crippen molar-refractivity contribution in [3.8, 4) is 0 Å². The van der Waals surface area contributed by atoms with Crippen LogP contribution in [-0.2, 0) is 4.79 Å². The number of nitrogens with one attached hydrogen (secondary N) is 1. The minimum absolute atomic E-state index is 0.541. The zero-order valence-corrected chi connectivity index (χ0v) is 12.3. The molecule has 2 N–H and O–H groups in total. The van der Waals surface area contributed by atoms with Gasteiger partial charge in [0.2, 0.25) is 0 Å². The van der Waals surface area contributed by atoms with Crippen molar-refractivity contribution >= 4 is 29.4 Å². The third-order valence-electron chi connectivity index (χ3n) is 2.75. The van der Waals surface area contributed by atoms with Gasteiger partial charge in [0, 0.05) is 19.7 Å². The number of thioether (sulfide) groups is 1. The number of carboxylic acids is 1. The molecule has 0 radical (unpaired) electrons. The molecule has 0 fully saturated rings. The highest BCUT2D eigenvalue weighted by Gasteiger charge is 2.17. The van der Waals surface area contributed by atoms with Crippen molar-refractivity contribution in [2.45, 2.75) is 19.4 Å². The van der Waals surface area contributed by atoms with Gasteiger partial charge in [-0.1, -0.05) is 0 Å². The number of aromatic nitrogens is 2. The predicted molar refractivity (Wildman–Crippen MR) is 79.0 cm³/mol. The molecule has 106 valence electrons. The topological polar surface area (TPSA) is 78.4 Å². The van der Waals surface area contributed by atoms with Crippen LogP contribution < -0.4 is 10.2 Å². The van der Waals surface area contributed by atoms with Crippen LogP contribution in [0.1, 0.15) is 13.3 Å². The Kier molecular flexibility index (Phi) is 6.41. The molecule has 0 spiro atoms. The number of aliphatic carboxylic acids is 1. The smallest absolute Gasteiger partial charge is 0.326 e. The second-order valence-electron chi connectivity index (χ2n) is 4.09. The summed E-state index contributed by atoms with van der Waals surface area (Å²) in [5.41, 5.74) is 0. The summed E-state index contributed by atoms with van der Waals surface area (Å²) >= 11 is 1.63. The van der Waals surface area contributed by atoms with Crippen molar-refractivity contribution in [1.82, 2.24) is 9.97 Å². The summed E-state index contributed by atoms with van der Waals surface area (Å²) in [6.07, 6.45) is 3.95. The van der Waals surface area contributed by atoms with Gasteiger partial charge in [-0.05, 0) is 25.4 Å². The van der Waals surface area contributed by atoms with Crippen LogP contribution in [0.25, 0.3) is 0 Å². The number of carbonyl (C=O) groups is 1. The van der Waals surface area contributed by atoms with Crippen molar-refractivity contribution in [1.29, 1.82) is 0 Å². The van der Waals surface area contributed by atoms with Crippen LogP contribution in [0.4, 0.5) is 11.6 Å². The zero-order valence-electron chi connectivity index (χ0n) is 11.5. The Morgan fingerprint density at radius 2 is 2.32 bits per heavy atom. The Morgan fingerprint density at radius 3 is 2.89 bits per heavy atom. The molecule has 0 unspecified atom stereocenters. The molecule has 6 nitrogen and oxygen atoms in total. The summed E-state index contributed by atoms with van der Waals surface area (Å²) in [5.74, 6) is 1.24. The predicted octanol–water partition coefficient (Wildman–Crippen LogP) is 1.55. The van der Waals surface area contributed by atoms with E-state index in [0.29, 0.717) is 12.2 Å². The lowest BCUT2D eigenvalue weighted by Crippen LogP contribution is -2.30. The fourth-order valence-electron chi connectivity index (χ4n) is 1.47. The van der Waals surface area contributed by atoms with Crippen LogP contribution in [0.2, 0.25) is 0 Å². The highest BCUT2D eigenvalue weighted by molar-refractivity contribution is 7.98. The summed E-state index contributed by atoms with van der Waals surface area (Å²) in [7, 11) is 1.93. The van der Waals surface area contributed by atoms with Crippen LogP contribution in [-0.4, -0.2) is 52.7 Å². The molecule has 1 atom stereocenters. The van der Waals surface area contributed by atoms with E-state index in [4.69, 9.17) is 5.11 Å². The lowest BCUT2D eigenvalue weighted by atomic mass is 10.2. The van der Waals surface area contributed by atoms with E-state index in [1.165, 1.54) is 6.33 Å². The second kappa shape index (κ2) is 7.83. The van der Waals surface area contributed by atoms with E-state index in [9.17, 15) is 4.79 Å². The minimum atomic E-state index is -0.863.